The number of aryl methyl sites for hydroxylation is 2. The van der Waals surface area contributed by atoms with Crippen LogP contribution >= 0.6 is 15.9 Å². The van der Waals surface area contributed by atoms with E-state index in [4.69, 9.17) is 4.98 Å². The summed E-state index contributed by atoms with van der Waals surface area (Å²) in [6.07, 6.45) is 2.06. The first kappa shape index (κ1) is 18.6. The van der Waals surface area contributed by atoms with E-state index in [1.165, 1.54) is 5.56 Å². The van der Waals surface area contributed by atoms with E-state index in [1.807, 2.05) is 28.9 Å². The molecule has 2 aromatic heterocycles. The van der Waals surface area contributed by atoms with Gasteiger partial charge in [0, 0.05) is 16.4 Å². The zero-order valence-corrected chi connectivity index (χ0v) is 17.5. The van der Waals surface area contributed by atoms with E-state index in [2.05, 4.69) is 58.4 Å². The topological polar surface area (TPSA) is 59.8 Å². The first-order valence-electron chi connectivity index (χ1n) is 9.40. The molecule has 142 valence electrons. The van der Waals surface area contributed by atoms with Crippen molar-refractivity contribution < 1.29 is 4.79 Å². The molecule has 1 amide bonds. The van der Waals surface area contributed by atoms with Gasteiger partial charge in [-0.05, 0) is 59.6 Å². The van der Waals surface area contributed by atoms with Crippen LogP contribution in [0.1, 0.15) is 35.7 Å². The van der Waals surface area contributed by atoms with Gasteiger partial charge in [0.2, 0.25) is 0 Å². The third-order valence-corrected chi connectivity index (χ3v) is 5.44. The van der Waals surface area contributed by atoms with Crippen LogP contribution in [0.15, 0.2) is 53.0 Å². The van der Waals surface area contributed by atoms with E-state index in [0.29, 0.717) is 11.4 Å². The van der Waals surface area contributed by atoms with E-state index >= 15 is 0 Å². The third kappa shape index (κ3) is 3.52. The average molecular weight is 437 g/mol. The lowest BCUT2D eigenvalue weighted by Gasteiger charge is -2.05. The minimum absolute atomic E-state index is 0.196. The fraction of sp³-hybridized carbons (Fsp3) is 0.227. The van der Waals surface area contributed by atoms with Gasteiger partial charge in [0.1, 0.15) is 0 Å². The van der Waals surface area contributed by atoms with Crippen LogP contribution in [-0.2, 0) is 6.54 Å². The van der Waals surface area contributed by atoms with Crippen LogP contribution in [0.3, 0.4) is 0 Å². The van der Waals surface area contributed by atoms with E-state index in [-0.39, 0.29) is 5.91 Å². The Morgan fingerprint density at radius 3 is 2.79 bits per heavy atom. The number of benzene rings is 2. The fourth-order valence-corrected chi connectivity index (χ4v) is 3.72. The van der Waals surface area contributed by atoms with Gasteiger partial charge in [-0.3, -0.25) is 4.79 Å². The Balaban J connectivity index is 1.82. The second-order valence-corrected chi connectivity index (χ2v) is 7.77. The number of carbonyl (C=O) groups is 1. The van der Waals surface area contributed by atoms with Gasteiger partial charge in [0.15, 0.2) is 11.5 Å². The second-order valence-electron chi connectivity index (χ2n) is 6.91. The molecule has 4 rings (SSSR count). The summed E-state index contributed by atoms with van der Waals surface area (Å²) in [6.45, 7) is 4.97. The van der Waals surface area contributed by atoms with E-state index in [9.17, 15) is 4.79 Å². The van der Waals surface area contributed by atoms with Crippen molar-refractivity contribution in [3.8, 4) is 0 Å². The zero-order chi connectivity index (χ0) is 19.7. The lowest BCUT2D eigenvalue weighted by molar-refractivity contribution is 0.102. The lowest BCUT2D eigenvalue weighted by Crippen LogP contribution is -2.13. The molecule has 0 aliphatic heterocycles. The maximum absolute atomic E-state index is 12.8. The number of nitrogens with one attached hydrogen (secondary N) is 1. The molecule has 0 aliphatic carbocycles. The number of hydrogen-bond donors (Lipinski definition) is 1. The number of unbranched alkanes of at least 4 members (excludes halogenated alkanes) is 1. The van der Waals surface area contributed by atoms with Gasteiger partial charge in [-0.15, -0.1) is 0 Å². The number of nitrogens with zero attached hydrogens (tertiary/aromatic N) is 3. The van der Waals surface area contributed by atoms with Crippen molar-refractivity contribution in [3.05, 3.63) is 64.1 Å². The summed E-state index contributed by atoms with van der Waals surface area (Å²) in [5.41, 5.74) is 3.47. The second kappa shape index (κ2) is 7.72. The maximum atomic E-state index is 12.8. The molecule has 0 spiro atoms. The van der Waals surface area contributed by atoms with Crippen molar-refractivity contribution in [2.24, 2.45) is 0 Å². The largest absolute Gasteiger partial charge is 0.304 e. The number of carbonyl (C=O) groups excluding carboxylic acids is 1. The van der Waals surface area contributed by atoms with Gasteiger partial charge in [0.05, 0.1) is 16.5 Å². The summed E-state index contributed by atoms with van der Waals surface area (Å²) in [5.74, 6) is 0.349. The van der Waals surface area contributed by atoms with Crippen LogP contribution in [0.25, 0.3) is 21.9 Å². The Labute approximate surface area is 171 Å². The van der Waals surface area contributed by atoms with Crippen LogP contribution in [0.5, 0.6) is 0 Å². The van der Waals surface area contributed by atoms with Gasteiger partial charge < -0.3 is 5.32 Å². The number of fused-ring (bicyclic) bond motifs is 2. The SMILES string of the molecule is CCCCn1nc(NC(=O)c2ccccc2Br)c2cc3cc(C)ccc3nc21. The number of pyridine rings is 1. The molecule has 0 saturated heterocycles. The maximum Gasteiger partial charge on any atom is 0.258 e. The molecular weight excluding hydrogens is 416 g/mol. The Morgan fingerprint density at radius 2 is 2.00 bits per heavy atom. The summed E-state index contributed by atoms with van der Waals surface area (Å²) >= 11 is 3.44. The van der Waals surface area contributed by atoms with Crippen LogP contribution in [0, 0.1) is 6.92 Å². The number of amides is 1. The smallest absolute Gasteiger partial charge is 0.258 e. The van der Waals surface area contributed by atoms with Gasteiger partial charge >= 0.3 is 0 Å². The minimum Gasteiger partial charge on any atom is -0.304 e. The Morgan fingerprint density at radius 1 is 1.18 bits per heavy atom. The average Bonchev–Trinajstić information content (AvgIpc) is 3.01. The van der Waals surface area contributed by atoms with Crippen LogP contribution in [0.4, 0.5) is 5.82 Å². The first-order chi connectivity index (χ1) is 13.6. The van der Waals surface area contributed by atoms with Crippen LogP contribution in [-0.4, -0.2) is 20.7 Å². The first-order valence-corrected chi connectivity index (χ1v) is 10.2. The summed E-state index contributed by atoms with van der Waals surface area (Å²) in [7, 11) is 0. The molecule has 2 heterocycles. The van der Waals surface area contributed by atoms with E-state index in [0.717, 1.165) is 45.8 Å². The molecule has 0 radical (unpaired) electrons. The lowest BCUT2D eigenvalue weighted by atomic mass is 10.1. The normalized spacial score (nSPS) is 11.2. The minimum atomic E-state index is -0.196. The van der Waals surface area contributed by atoms with Crippen molar-refractivity contribution in [1.29, 1.82) is 0 Å². The number of anilines is 1. The summed E-state index contributed by atoms with van der Waals surface area (Å²) < 4.78 is 2.65. The Bertz CT molecular complexity index is 1180. The molecule has 4 aromatic rings. The molecule has 0 saturated carbocycles. The van der Waals surface area contributed by atoms with Crippen molar-refractivity contribution in [3.63, 3.8) is 0 Å². The van der Waals surface area contributed by atoms with Gasteiger partial charge in [0.25, 0.3) is 5.91 Å². The monoisotopic (exact) mass is 436 g/mol. The number of halogens is 1. The molecule has 6 heteroatoms. The van der Waals surface area contributed by atoms with Gasteiger partial charge in [-0.25, -0.2) is 9.67 Å². The molecule has 0 atom stereocenters. The molecular formula is C22H21BrN4O. The van der Waals surface area contributed by atoms with Gasteiger partial charge in [-0.1, -0.05) is 37.1 Å². The Hall–Kier alpha value is -2.73. The predicted octanol–water partition coefficient (Wildman–Crippen LogP) is 5.71. The highest BCUT2D eigenvalue weighted by molar-refractivity contribution is 9.10. The summed E-state index contributed by atoms with van der Waals surface area (Å²) in [4.78, 5) is 17.6. The van der Waals surface area contributed by atoms with E-state index in [1.54, 1.807) is 6.07 Å². The highest BCUT2D eigenvalue weighted by Crippen LogP contribution is 2.28. The number of aromatic nitrogens is 3. The molecule has 5 nitrogen and oxygen atoms in total. The molecule has 0 aliphatic rings. The van der Waals surface area contributed by atoms with Crippen molar-refractivity contribution in [1.82, 2.24) is 14.8 Å². The molecule has 0 fully saturated rings. The number of rotatable bonds is 5. The highest BCUT2D eigenvalue weighted by Gasteiger charge is 2.17. The van der Waals surface area contributed by atoms with Crippen molar-refractivity contribution in [2.45, 2.75) is 33.2 Å². The summed E-state index contributed by atoms with van der Waals surface area (Å²) in [5, 5.41) is 9.55. The fourth-order valence-electron chi connectivity index (χ4n) is 3.26. The Kier molecular flexibility index (Phi) is 5.13. The highest BCUT2D eigenvalue weighted by atomic mass is 79.9. The van der Waals surface area contributed by atoms with Gasteiger partial charge in [-0.2, -0.15) is 5.10 Å². The van der Waals surface area contributed by atoms with Crippen LogP contribution in [0.2, 0.25) is 0 Å². The summed E-state index contributed by atoms with van der Waals surface area (Å²) in [6, 6.07) is 15.6. The standard InChI is InChI=1S/C22H21BrN4O/c1-3-4-11-27-21-17(13-15-12-14(2)9-10-19(15)24-21)20(26-27)25-22(28)16-7-5-6-8-18(16)23/h5-10,12-13H,3-4,11H2,1-2H3,(H,25,26,28). The predicted molar refractivity (Wildman–Crippen MR) is 117 cm³/mol. The number of hydrogen-bond acceptors (Lipinski definition) is 3. The van der Waals surface area contributed by atoms with E-state index < -0.39 is 0 Å². The van der Waals surface area contributed by atoms with Crippen LogP contribution < -0.4 is 5.32 Å². The molecule has 1 N–H and O–H groups in total. The molecule has 28 heavy (non-hydrogen) atoms. The molecule has 2 aromatic carbocycles. The zero-order valence-electron chi connectivity index (χ0n) is 15.9. The third-order valence-electron chi connectivity index (χ3n) is 4.74. The molecule has 0 unspecified atom stereocenters. The molecule has 0 bridgehead atoms. The quantitative estimate of drug-likeness (QED) is 0.435. The van der Waals surface area contributed by atoms with Crippen molar-refractivity contribution in [2.75, 3.05) is 5.32 Å². The van der Waals surface area contributed by atoms with Crippen molar-refractivity contribution >= 4 is 49.6 Å².